The van der Waals surface area contributed by atoms with Crippen molar-refractivity contribution in [1.82, 2.24) is 4.98 Å². The van der Waals surface area contributed by atoms with E-state index in [0.717, 1.165) is 63.2 Å². The van der Waals surface area contributed by atoms with Gasteiger partial charge in [0.2, 0.25) is 5.13 Å². The topological polar surface area (TPSA) is 90.3 Å². The number of thiophene rings is 1. The molecule has 0 N–H and O–H groups in total. The van der Waals surface area contributed by atoms with Crippen LogP contribution in [0.15, 0.2) is 115 Å². The van der Waals surface area contributed by atoms with Crippen LogP contribution in [0.2, 0.25) is 0 Å². The SMILES string of the molecule is Cc1cc(/N=N/c2ccc(N3CCCC3)s2)ccc1/N=N/c1ccc(/N=N/c2nc(-c3ccccc3)cs2)c(C)c1. The highest BCUT2D eigenvalue weighted by atomic mass is 32.1. The summed E-state index contributed by atoms with van der Waals surface area (Å²) in [4.78, 5) is 6.99. The Hall–Kier alpha value is -4.41. The van der Waals surface area contributed by atoms with Gasteiger partial charge in [0, 0.05) is 24.0 Å². The van der Waals surface area contributed by atoms with Crippen LogP contribution in [0.4, 0.5) is 37.9 Å². The lowest BCUT2D eigenvalue weighted by molar-refractivity contribution is 0.949. The fourth-order valence-electron chi connectivity index (χ4n) is 4.47. The lowest BCUT2D eigenvalue weighted by Crippen LogP contribution is -2.15. The largest absolute Gasteiger partial charge is 0.363 e. The lowest BCUT2D eigenvalue weighted by Gasteiger charge is -2.13. The van der Waals surface area contributed by atoms with Crippen molar-refractivity contribution >= 4 is 60.6 Å². The van der Waals surface area contributed by atoms with Gasteiger partial charge in [0.05, 0.1) is 33.4 Å². The molecule has 204 valence electrons. The number of hydrogen-bond acceptors (Lipinski definition) is 10. The average molecular weight is 577 g/mol. The zero-order valence-corrected chi connectivity index (χ0v) is 24.4. The molecule has 1 aliphatic heterocycles. The van der Waals surface area contributed by atoms with Gasteiger partial charge in [0.1, 0.15) is 5.00 Å². The Bertz CT molecular complexity index is 1730. The molecule has 0 aliphatic carbocycles. The van der Waals surface area contributed by atoms with Crippen molar-refractivity contribution in [3.63, 3.8) is 0 Å². The van der Waals surface area contributed by atoms with E-state index in [1.165, 1.54) is 29.2 Å². The zero-order chi connectivity index (χ0) is 28.0. The minimum atomic E-state index is 0.618. The maximum Gasteiger partial charge on any atom is 0.230 e. The maximum atomic E-state index is 4.57. The molecular formula is C31H28N8S2. The number of thiazole rings is 1. The summed E-state index contributed by atoms with van der Waals surface area (Å²) in [5, 5.41) is 31.3. The van der Waals surface area contributed by atoms with Crippen molar-refractivity contribution in [2.24, 2.45) is 30.7 Å². The fraction of sp³-hybridized carbons (Fsp3) is 0.194. The van der Waals surface area contributed by atoms with Crippen molar-refractivity contribution < 1.29 is 0 Å². The third-order valence-corrected chi connectivity index (χ3v) is 8.45. The first kappa shape index (κ1) is 26.8. The number of benzene rings is 3. The summed E-state index contributed by atoms with van der Waals surface area (Å²) in [6, 6.07) is 25.8. The van der Waals surface area contributed by atoms with E-state index in [2.05, 4.69) is 46.6 Å². The van der Waals surface area contributed by atoms with Crippen molar-refractivity contribution in [2.75, 3.05) is 18.0 Å². The van der Waals surface area contributed by atoms with Crippen molar-refractivity contribution in [1.29, 1.82) is 0 Å². The first-order valence-electron chi connectivity index (χ1n) is 13.4. The number of aromatic nitrogens is 1. The molecule has 3 aromatic carbocycles. The van der Waals surface area contributed by atoms with E-state index in [9.17, 15) is 0 Å². The van der Waals surface area contributed by atoms with Crippen LogP contribution < -0.4 is 4.90 Å². The van der Waals surface area contributed by atoms with Crippen molar-refractivity contribution in [2.45, 2.75) is 26.7 Å². The van der Waals surface area contributed by atoms with E-state index in [0.29, 0.717) is 5.13 Å². The van der Waals surface area contributed by atoms with Gasteiger partial charge in [-0.05, 0) is 86.3 Å². The molecule has 0 saturated carbocycles. The Morgan fingerprint density at radius 3 is 2.02 bits per heavy atom. The molecule has 1 fully saturated rings. The van der Waals surface area contributed by atoms with Gasteiger partial charge in [0.25, 0.3) is 0 Å². The molecule has 2 aromatic heterocycles. The number of hydrogen-bond donors (Lipinski definition) is 0. The van der Waals surface area contributed by atoms with Crippen LogP contribution >= 0.6 is 22.7 Å². The van der Waals surface area contributed by atoms with Gasteiger partial charge in [-0.3, -0.25) is 0 Å². The highest BCUT2D eigenvalue weighted by molar-refractivity contribution is 7.19. The van der Waals surface area contributed by atoms with Gasteiger partial charge in [-0.1, -0.05) is 41.7 Å². The van der Waals surface area contributed by atoms with Crippen LogP contribution in [0.25, 0.3) is 11.3 Å². The number of anilines is 1. The molecule has 3 heterocycles. The summed E-state index contributed by atoms with van der Waals surface area (Å²) in [5.74, 6) is 0. The second-order valence-electron chi connectivity index (χ2n) is 9.73. The van der Waals surface area contributed by atoms with E-state index < -0.39 is 0 Å². The van der Waals surface area contributed by atoms with Crippen LogP contribution in [0.5, 0.6) is 0 Å². The Kier molecular flexibility index (Phi) is 8.11. The molecule has 0 radical (unpaired) electrons. The average Bonchev–Trinajstić information content (AvgIpc) is 3.78. The van der Waals surface area contributed by atoms with E-state index in [-0.39, 0.29) is 0 Å². The smallest absolute Gasteiger partial charge is 0.230 e. The summed E-state index contributed by atoms with van der Waals surface area (Å²) in [7, 11) is 0. The third-order valence-electron chi connectivity index (χ3n) is 6.70. The highest BCUT2D eigenvalue weighted by Crippen LogP contribution is 2.36. The minimum absolute atomic E-state index is 0.618. The first-order chi connectivity index (χ1) is 20.1. The fourth-order valence-corrected chi connectivity index (χ4v) is 6.00. The summed E-state index contributed by atoms with van der Waals surface area (Å²) in [6.07, 6.45) is 2.53. The highest BCUT2D eigenvalue weighted by Gasteiger charge is 2.14. The third kappa shape index (κ3) is 6.67. The maximum absolute atomic E-state index is 4.57. The summed E-state index contributed by atoms with van der Waals surface area (Å²) in [5.41, 5.74) is 7.00. The lowest BCUT2D eigenvalue weighted by atomic mass is 10.2. The zero-order valence-electron chi connectivity index (χ0n) is 22.8. The van der Waals surface area contributed by atoms with E-state index in [4.69, 9.17) is 0 Å². The monoisotopic (exact) mass is 576 g/mol. The molecule has 0 spiro atoms. The second-order valence-corrected chi connectivity index (χ2v) is 11.6. The normalized spacial score (nSPS) is 13.9. The Morgan fingerprint density at radius 1 is 0.683 bits per heavy atom. The predicted molar refractivity (Wildman–Crippen MR) is 168 cm³/mol. The first-order valence-corrected chi connectivity index (χ1v) is 15.1. The second kappa shape index (κ2) is 12.4. The van der Waals surface area contributed by atoms with E-state index in [1.807, 2.05) is 92.0 Å². The summed E-state index contributed by atoms with van der Waals surface area (Å²) >= 11 is 3.15. The van der Waals surface area contributed by atoms with Crippen LogP contribution in [-0.2, 0) is 0 Å². The number of rotatable bonds is 8. The molecule has 0 atom stereocenters. The molecule has 6 rings (SSSR count). The molecule has 8 nitrogen and oxygen atoms in total. The molecule has 1 aliphatic rings. The summed E-state index contributed by atoms with van der Waals surface area (Å²) in [6.45, 7) is 6.24. The summed E-state index contributed by atoms with van der Waals surface area (Å²) < 4.78 is 0. The molecular weight excluding hydrogens is 549 g/mol. The predicted octanol–water partition coefficient (Wildman–Crippen LogP) is 11.3. The molecule has 0 unspecified atom stereocenters. The Morgan fingerprint density at radius 2 is 1.34 bits per heavy atom. The standard InChI is InChI=1S/C31H28N8S2/c1-21-19-25(34-37-29-14-15-30(41-29)39-16-6-7-17-39)11-12-26(21)35-33-24-10-13-27(22(2)18-24)36-38-31-32-28(20-40-31)23-8-4-3-5-9-23/h3-5,8-15,18-20H,6-7,16-17H2,1-2H3/b35-33+,37-34+,38-36+. The number of aryl methyl sites for hydroxylation is 2. The van der Waals surface area contributed by atoms with E-state index in [1.54, 1.807) is 11.3 Å². The quantitative estimate of drug-likeness (QED) is 0.172. The van der Waals surface area contributed by atoms with E-state index >= 15 is 0 Å². The molecule has 1 saturated heterocycles. The number of azo groups is 3. The molecule has 0 bridgehead atoms. The Labute approximate surface area is 246 Å². The molecule has 41 heavy (non-hydrogen) atoms. The van der Waals surface area contributed by atoms with Gasteiger partial charge >= 0.3 is 0 Å². The van der Waals surface area contributed by atoms with Crippen molar-refractivity contribution in [3.05, 3.63) is 95.4 Å². The Balaban J connectivity index is 1.08. The van der Waals surface area contributed by atoms with Gasteiger partial charge in [0.15, 0.2) is 0 Å². The minimum Gasteiger partial charge on any atom is -0.363 e. The van der Waals surface area contributed by atoms with Gasteiger partial charge in [-0.15, -0.1) is 31.8 Å². The molecule has 10 heteroatoms. The van der Waals surface area contributed by atoms with Crippen LogP contribution in [-0.4, -0.2) is 18.1 Å². The van der Waals surface area contributed by atoms with Crippen LogP contribution in [0.1, 0.15) is 24.0 Å². The van der Waals surface area contributed by atoms with Gasteiger partial charge in [-0.25, -0.2) is 4.98 Å². The van der Waals surface area contributed by atoms with Gasteiger partial charge in [-0.2, -0.15) is 10.2 Å². The number of nitrogens with zero attached hydrogens (tertiary/aromatic N) is 8. The molecule has 0 amide bonds. The van der Waals surface area contributed by atoms with Crippen LogP contribution in [0, 0.1) is 13.8 Å². The van der Waals surface area contributed by atoms with Crippen molar-refractivity contribution in [3.8, 4) is 11.3 Å². The van der Waals surface area contributed by atoms with Crippen LogP contribution in [0.3, 0.4) is 0 Å². The van der Waals surface area contributed by atoms with Gasteiger partial charge < -0.3 is 4.90 Å². The molecule has 5 aromatic rings.